The third kappa shape index (κ3) is 1.05. The predicted octanol–water partition coefficient (Wildman–Crippen LogP) is 1.03. The summed E-state index contributed by atoms with van der Waals surface area (Å²) in [5.41, 5.74) is 5.06. The minimum Gasteiger partial charge on any atom is -0.298 e. The number of hydrogen-bond acceptors (Lipinski definition) is 5. The van der Waals surface area contributed by atoms with Crippen LogP contribution in [-0.4, -0.2) is 12.2 Å². The number of hydrogen-bond donors (Lipinski definition) is 1. The first kappa shape index (κ1) is 8.36. The Morgan fingerprint density at radius 1 is 1.36 bits per heavy atom. The van der Waals surface area contributed by atoms with Crippen LogP contribution in [0.4, 0.5) is 11.4 Å². The largest absolute Gasteiger partial charge is 0.298 e. The molecule has 1 heterocycles. The van der Waals surface area contributed by atoms with Gasteiger partial charge in [-0.05, 0) is 18.2 Å². The highest BCUT2D eigenvalue weighted by atomic mass is 15.8. The Bertz CT molecular complexity index is 453. The van der Waals surface area contributed by atoms with E-state index in [0.29, 0.717) is 5.56 Å². The first-order chi connectivity index (χ1) is 6.76. The molecule has 0 fully saturated rings. The average molecular weight is 185 g/mol. The van der Waals surface area contributed by atoms with E-state index in [1.165, 1.54) is 5.01 Å². The molecule has 1 aromatic rings. The standard InChI is InChI=1S/C9H7N5/c1-13-12-8-4-7(5-10)2-3-9(8)14(13)6-11/h2-4,12H,1H3. The van der Waals surface area contributed by atoms with Gasteiger partial charge in [0.15, 0.2) is 0 Å². The van der Waals surface area contributed by atoms with Crippen LogP contribution >= 0.6 is 0 Å². The highest BCUT2D eigenvalue weighted by Crippen LogP contribution is 2.32. The van der Waals surface area contributed by atoms with Crippen LogP contribution < -0.4 is 10.4 Å². The van der Waals surface area contributed by atoms with Gasteiger partial charge in [-0.25, -0.2) is 0 Å². The minimum absolute atomic E-state index is 0.574. The lowest BCUT2D eigenvalue weighted by Gasteiger charge is -2.15. The first-order valence-corrected chi connectivity index (χ1v) is 4.00. The van der Waals surface area contributed by atoms with Crippen LogP contribution in [0.5, 0.6) is 0 Å². The molecule has 0 bridgehead atoms. The molecule has 1 aromatic carbocycles. The molecule has 0 radical (unpaired) electrons. The number of benzene rings is 1. The quantitative estimate of drug-likeness (QED) is 0.611. The molecule has 0 saturated heterocycles. The van der Waals surface area contributed by atoms with Gasteiger partial charge in [0.1, 0.15) is 0 Å². The zero-order chi connectivity index (χ0) is 10.1. The van der Waals surface area contributed by atoms with Crippen molar-refractivity contribution in [2.45, 2.75) is 0 Å². The molecule has 0 spiro atoms. The summed E-state index contributed by atoms with van der Waals surface area (Å²) in [5, 5.41) is 20.5. The fourth-order valence-electron chi connectivity index (χ4n) is 1.39. The number of fused-ring (bicyclic) bond motifs is 1. The summed E-state index contributed by atoms with van der Waals surface area (Å²) in [6.07, 6.45) is 2.02. The second-order valence-corrected chi connectivity index (χ2v) is 2.89. The predicted molar refractivity (Wildman–Crippen MR) is 50.6 cm³/mol. The molecule has 0 atom stereocenters. The van der Waals surface area contributed by atoms with Crippen LogP contribution in [0, 0.1) is 22.8 Å². The molecule has 0 saturated carbocycles. The molecular weight excluding hydrogens is 178 g/mol. The van der Waals surface area contributed by atoms with Crippen molar-refractivity contribution in [2.75, 3.05) is 17.5 Å². The summed E-state index contributed by atoms with van der Waals surface area (Å²) < 4.78 is 0. The Morgan fingerprint density at radius 2 is 2.14 bits per heavy atom. The Morgan fingerprint density at radius 3 is 2.79 bits per heavy atom. The lowest BCUT2D eigenvalue weighted by molar-refractivity contribution is 0.434. The van der Waals surface area contributed by atoms with Crippen LogP contribution in [0.2, 0.25) is 0 Å². The van der Waals surface area contributed by atoms with Crippen molar-refractivity contribution in [3.05, 3.63) is 23.8 Å². The molecule has 5 nitrogen and oxygen atoms in total. The molecule has 5 heteroatoms. The molecular formula is C9H7N5. The van der Waals surface area contributed by atoms with E-state index in [-0.39, 0.29) is 0 Å². The zero-order valence-electron chi connectivity index (χ0n) is 7.52. The average Bonchev–Trinajstić information content (AvgIpc) is 2.51. The fourth-order valence-corrected chi connectivity index (χ4v) is 1.39. The van der Waals surface area contributed by atoms with Crippen LogP contribution in [0.15, 0.2) is 18.2 Å². The number of nitrogens with zero attached hydrogens (tertiary/aromatic N) is 4. The van der Waals surface area contributed by atoms with Crippen molar-refractivity contribution in [2.24, 2.45) is 0 Å². The van der Waals surface area contributed by atoms with Crippen LogP contribution in [0.25, 0.3) is 0 Å². The van der Waals surface area contributed by atoms with Gasteiger partial charge in [0.05, 0.1) is 23.0 Å². The Labute approximate surface area is 81.3 Å². The molecule has 0 unspecified atom stereocenters. The molecule has 0 aliphatic carbocycles. The molecule has 0 amide bonds. The number of nitriles is 2. The number of nitrogens with one attached hydrogen (secondary N) is 1. The lowest BCUT2D eigenvalue weighted by atomic mass is 10.2. The van der Waals surface area contributed by atoms with Gasteiger partial charge in [0, 0.05) is 7.05 Å². The van der Waals surface area contributed by atoms with E-state index in [4.69, 9.17) is 10.5 Å². The summed E-state index contributed by atoms with van der Waals surface area (Å²) in [6.45, 7) is 0. The van der Waals surface area contributed by atoms with Crippen molar-refractivity contribution in [3.8, 4) is 12.3 Å². The van der Waals surface area contributed by atoms with Gasteiger partial charge in [-0.1, -0.05) is 0 Å². The van der Waals surface area contributed by atoms with Gasteiger partial charge < -0.3 is 0 Å². The van der Waals surface area contributed by atoms with E-state index in [1.54, 1.807) is 30.4 Å². The van der Waals surface area contributed by atoms with E-state index in [2.05, 4.69) is 5.43 Å². The normalized spacial score (nSPS) is 14.1. The van der Waals surface area contributed by atoms with Crippen molar-refractivity contribution in [1.82, 2.24) is 5.12 Å². The van der Waals surface area contributed by atoms with Gasteiger partial charge >= 0.3 is 0 Å². The molecule has 1 N–H and O–H groups in total. The number of rotatable bonds is 0. The summed E-state index contributed by atoms with van der Waals surface area (Å²) in [7, 11) is 1.73. The second kappa shape index (κ2) is 2.91. The summed E-state index contributed by atoms with van der Waals surface area (Å²) in [5.74, 6) is 0. The van der Waals surface area contributed by atoms with Gasteiger partial charge in [0.2, 0.25) is 6.19 Å². The van der Waals surface area contributed by atoms with Crippen LogP contribution in [-0.2, 0) is 0 Å². The summed E-state index contributed by atoms with van der Waals surface area (Å²) >= 11 is 0. The minimum atomic E-state index is 0.574. The monoisotopic (exact) mass is 185 g/mol. The number of anilines is 2. The highest BCUT2D eigenvalue weighted by molar-refractivity contribution is 5.76. The lowest BCUT2D eigenvalue weighted by Crippen LogP contribution is -2.34. The maximum atomic E-state index is 8.84. The molecule has 1 aliphatic rings. The first-order valence-electron chi connectivity index (χ1n) is 4.00. The molecule has 0 aromatic heterocycles. The SMILES string of the molecule is CN1Nc2cc(C#N)ccc2N1C#N. The van der Waals surface area contributed by atoms with Crippen molar-refractivity contribution >= 4 is 11.4 Å². The van der Waals surface area contributed by atoms with E-state index < -0.39 is 0 Å². The Balaban J connectivity index is 2.50. The zero-order valence-corrected chi connectivity index (χ0v) is 7.52. The van der Waals surface area contributed by atoms with Gasteiger partial charge in [-0.2, -0.15) is 15.5 Å². The van der Waals surface area contributed by atoms with E-state index in [0.717, 1.165) is 11.4 Å². The van der Waals surface area contributed by atoms with Crippen molar-refractivity contribution in [3.63, 3.8) is 0 Å². The highest BCUT2D eigenvalue weighted by Gasteiger charge is 2.23. The fraction of sp³-hybridized carbons (Fsp3) is 0.111. The third-order valence-electron chi connectivity index (χ3n) is 2.03. The van der Waals surface area contributed by atoms with Crippen molar-refractivity contribution < 1.29 is 0 Å². The topological polar surface area (TPSA) is 66.1 Å². The van der Waals surface area contributed by atoms with Gasteiger partial charge in [0.25, 0.3) is 0 Å². The molecule has 14 heavy (non-hydrogen) atoms. The number of hydrazine groups is 2. The Hall–Kier alpha value is -2.24. The van der Waals surface area contributed by atoms with Crippen molar-refractivity contribution in [1.29, 1.82) is 10.5 Å². The van der Waals surface area contributed by atoms with Gasteiger partial charge in [-0.15, -0.1) is 5.12 Å². The smallest absolute Gasteiger partial charge is 0.202 e. The maximum Gasteiger partial charge on any atom is 0.202 e. The molecule has 2 rings (SSSR count). The summed E-state index contributed by atoms with van der Waals surface area (Å²) in [4.78, 5) is 0. The van der Waals surface area contributed by atoms with E-state index >= 15 is 0 Å². The van der Waals surface area contributed by atoms with Gasteiger partial charge in [-0.3, -0.25) is 5.43 Å². The summed E-state index contributed by atoms with van der Waals surface area (Å²) in [6, 6.07) is 7.18. The van der Waals surface area contributed by atoms with Crippen LogP contribution in [0.3, 0.4) is 0 Å². The molecule has 1 aliphatic heterocycles. The molecule has 68 valence electrons. The van der Waals surface area contributed by atoms with E-state index in [9.17, 15) is 0 Å². The Kier molecular flexibility index (Phi) is 1.74. The third-order valence-corrected chi connectivity index (χ3v) is 2.03. The second-order valence-electron chi connectivity index (χ2n) is 2.89. The van der Waals surface area contributed by atoms with E-state index in [1.807, 2.05) is 12.3 Å². The van der Waals surface area contributed by atoms with Crippen LogP contribution in [0.1, 0.15) is 5.56 Å². The maximum absolute atomic E-state index is 8.84.